The molecule has 128 valence electrons. The number of halogens is 1. The van der Waals surface area contributed by atoms with Gasteiger partial charge in [0.05, 0.1) is 11.5 Å². The topological polar surface area (TPSA) is 102 Å². The average molecular weight is 343 g/mol. The van der Waals surface area contributed by atoms with E-state index in [1.807, 2.05) is 0 Å². The fourth-order valence-corrected chi connectivity index (χ4v) is 2.87. The second-order valence-corrected chi connectivity index (χ2v) is 5.81. The Bertz CT molecular complexity index is 555. The molecule has 3 N–H and O–H groups in total. The molecule has 1 saturated heterocycles. The highest BCUT2D eigenvalue weighted by Gasteiger charge is 2.27. The number of likely N-dealkylation sites (tertiary alicyclic amines) is 1. The van der Waals surface area contributed by atoms with E-state index in [1.165, 1.54) is 12.1 Å². The lowest BCUT2D eigenvalue weighted by Crippen LogP contribution is -2.49. The lowest BCUT2D eigenvalue weighted by atomic mass is 9.92. The van der Waals surface area contributed by atoms with Crippen LogP contribution < -0.4 is 11.1 Å². The van der Waals surface area contributed by atoms with Crippen molar-refractivity contribution in [1.82, 2.24) is 4.90 Å². The van der Waals surface area contributed by atoms with Gasteiger partial charge in [-0.3, -0.25) is 19.8 Å². The summed E-state index contributed by atoms with van der Waals surface area (Å²) in [6.07, 6.45) is 2.02. The van der Waals surface area contributed by atoms with Crippen LogP contribution in [0, 0.1) is 16.0 Å². The summed E-state index contributed by atoms with van der Waals surface area (Å²) in [7, 11) is 0. The minimum atomic E-state index is -0.499. The molecule has 1 aliphatic heterocycles. The molecule has 2 atom stereocenters. The van der Waals surface area contributed by atoms with Gasteiger partial charge in [-0.25, -0.2) is 0 Å². The smallest absolute Gasteiger partial charge is 0.292 e. The van der Waals surface area contributed by atoms with E-state index in [9.17, 15) is 14.9 Å². The van der Waals surface area contributed by atoms with Gasteiger partial charge >= 0.3 is 0 Å². The van der Waals surface area contributed by atoms with Gasteiger partial charge in [-0.15, -0.1) is 12.4 Å². The van der Waals surface area contributed by atoms with Crippen molar-refractivity contribution < 1.29 is 9.72 Å². The summed E-state index contributed by atoms with van der Waals surface area (Å²) >= 11 is 0. The summed E-state index contributed by atoms with van der Waals surface area (Å²) in [6, 6.07) is 6.34. The normalized spacial score (nSPS) is 21.3. The van der Waals surface area contributed by atoms with Crippen LogP contribution in [-0.2, 0) is 4.79 Å². The van der Waals surface area contributed by atoms with Crippen molar-refractivity contribution in [1.29, 1.82) is 0 Å². The standard InChI is InChI=1S/C15H22N4O3.ClH/c1-11-6-7-18(12(8-11)9-16)10-15(20)17-13-4-2-3-5-14(13)19(21)22;/h2-5,11-12H,6-10,16H2,1H3,(H,17,20);1H. The number of nitro groups is 1. The van der Waals surface area contributed by atoms with Crippen molar-refractivity contribution in [3.63, 3.8) is 0 Å². The summed E-state index contributed by atoms with van der Waals surface area (Å²) in [4.78, 5) is 24.7. The first-order valence-corrected chi connectivity index (χ1v) is 7.48. The number of nitro benzene ring substituents is 1. The van der Waals surface area contributed by atoms with Crippen molar-refractivity contribution in [3.05, 3.63) is 34.4 Å². The highest BCUT2D eigenvalue weighted by Crippen LogP contribution is 2.24. The Kier molecular flexibility index (Phi) is 7.41. The first kappa shape index (κ1) is 19.3. The van der Waals surface area contributed by atoms with E-state index in [2.05, 4.69) is 17.1 Å². The van der Waals surface area contributed by atoms with E-state index in [-0.39, 0.29) is 42.3 Å². The van der Waals surface area contributed by atoms with Gasteiger partial charge in [0, 0.05) is 18.7 Å². The predicted molar refractivity (Wildman–Crippen MR) is 91.8 cm³/mol. The van der Waals surface area contributed by atoms with E-state index >= 15 is 0 Å². The Morgan fingerprint density at radius 2 is 2.17 bits per heavy atom. The van der Waals surface area contributed by atoms with Crippen LogP contribution in [-0.4, -0.2) is 41.4 Å². The first-order chi connectivity index (χ1) is 10.5. The van der Waals surface area contributed by atoms with Crippen molar-refractivity contribution in [2.45, 2.75) is 25.8 Å². The van der Waals surface area contributed by atoms with Crippen molar-refractivity contribution in [2.24, 2.45) is 11.7 Å². The van der Waals surface area contributed by atoms with Gasteiger partial charge in [-0.1, -0.05) is 19.1 Å². The van der Waals surface area contributed by atoms with E-state index in [0.717, 1.165) is 19.4 Å². The number of benzene rings is 1. The minimum Gasteiger partial charge on any atom is -0.329 e. The van der Waals surface area contributed by atoms with E-state index in [0.29, 0.717) is 12.5 Å². The molecule has 7 nitrogen and oxygen atoms in total. The quantitative estimate of drug-likeness (QED) is 0.629. The van der Waals surface area contributed by atoms with Gasteiger partial charge in [-0.05, 0) is 31.4 Å². The number of amides is 1. The molecule has 1 heterocycles. The Balaban J connectivity index is 0.00000264. The maximum atomic E-state index is 12.2. The highest BCUT2D eigenvalue weighted by molar-refractivity contribution is 5.94. The minimum absolute atomic E-state index is 0. The largest absolute Gasteiger partial charge is 0.329 e. The number of nitrogens with one attached hydrogen (secondary N) is 1. The predicted octanol–water partition coefficient (Wildman–Crippen LogP) is 2.01. The maximum absolute atomic E-state index is 12.2. The third-order valence-electron chi connectivity index (χ3n) is 4.09. The van der Waals surface area contributed by atoms with E-state index < -0.39 is 4.92 Å². The lowest BCUT2D eigenvalue weighted by Gasteiger charge is -2.37. The van der Waals surface area contributed by atoms with Crippen LogP contribution in [0.2, 0.25) is 0 Å². The summed E-state index contributed by atoms with van der Waals surface area (Å²) in [6.45, 7) is 3.74. The number of hydrogen-bond donors (Lipinski definition) is 2. The Labute approximate surface area is 141 Å². The Hall–Kier alpha value is -1.70. The SMILES string of the molecule is CC1CCN(CC(=O)Nc2ccccc2[N+](=O)[O-])C(CN)C1.Cl. The molecule has 1 aromatic carbocycles. The second kappa shape index (κ2) is 8.81. The monoisotopic (exact) mass is 342 g/mol. The third-order valence-corrected chi connectivity index (χ3v) is 4.09. The zero-order valence-corrected chi connectivity index (χ0v) is 13.9. The van der Waals surface area contributed by atoms with E-state index in [4.69, 9.17) is 5.73 Å². The first-order valence-electron chi connectivity index (χ1n) is 7.48. The zero-order chi connectivity index (χ0) is 16.1. The van der Waals surface area contributed by atoms with Gasteiger partial charge < -0.3 is 11.1 Å². The van der Waals surface area contributed by atoms with E-state index in [1.54, 1.807) is 12.1 Å². The highest BCUT2D eigenvalue weighted by atomic mass is 35.5. The molecule has 1 amide bonds. The summed E-state index contributed by atoms with van der Waals surface area (Å²) in [5.74, 6) is 0.366. The van der Waals surface area contributed by atoms with Crippen LogP contribution in [0.3, 0.4) is 0 Å². The number of rotatable bonds is 5. The molecule has 2 rings (SSSR count). The van der Waals surface area contributed by atoms with Crippen LogP contribution in [0.15, 0.2) is 24.3 Å². The number of nitrogens with zero attached hydrogens (tertiary/aromatic N) is 2. The number of piperidine rings is 1. The molecule has 1 aromatic rings. The fourth-order valence-electron chi connectivity index (χ4n) is 2.87. The molecule has 0 saturated carbocycles. The van der Waals surface area contributed by atoms with Crippen LogP contribution in [0.4, 0.5) is 11.4 Å². The molecule has 1 aliphatic rings. The van der Waals surface area contributed by atoms with Gasteiger partial charge in [0.2, 0.25) is 5.91 Å². The second-order valence-electron chi connectivity index (χ2n) is 5.81. The number of hydrogen-bond acceptors (Lipinski definition) is 5. The molecule has 0 spiro atoms. The zero-order valence-electron chi connectivity index (χ0n) is 13.1. The number of para-hydroxylation sites is 2. The van der Waals surface area contributed by atoms with Gasteiger partial charge in [-0.2, -0.15) is 0 Å². The molecule has 23 heavy (non-hydrogen) atoms. The van der Waals surface area contributed by atoms with Gasteiger partial charge in [0.1, 0.15) is 5.69 Å². The van der Waals surface area contributed by atoms with Crippen LogP contribution in [0.1, 0.15) is 19.8 Å². The lowest BCUT2D eigenvalue weighted by molar-refractivity contribution is -0.383. The molecule has 0 radical (unpaired) electrons. The Morgan fingerprint density at radius 3 is 2.83 bits per heavy atom. The van der Waals surface area contributed by atoms with Gasteiger partial charge in [0.25, 0.3) is 5.69 Å². The maximum Gasteiger partial charge on any atom is 0.292 e. The van der Waals surface area contributed by atoms with Crippen LogP contribution in [0.5, 0.6) is 0 Å². The summed E-state index contributed by atoms with van der Waals surface area (Å²) < 4.78 is 0. The molecule has 0 aliphatic carbocycles. The van der Waals surface area contributed by atoms with Gasteiger partial charge in [0.15, 0.2) is 0 Å². The number of carbonyl (C=O) groups excluding carboxylic acids is 1. The van der Waals surface area contributed by atoms with Crippen LogP contribution >= 0.6 is 12.4 Å². The van der Waals surface area contributed by atoms with Crippen molar-refractivity contribution >= 4 is 29.7 Å². The molecule has 0 aromatic heterocycles. The molecule has 1 fully saturated rings. The van der Waals surface area contributed by atoms with Crippen molar-refractivity contribution in [2.75, 3.05) is 25.0 Å². The molecular weight excluding hydrogens is 320 g/mol. The number of nitrogens with two attached hydrogens (primary N) is 1. The van der Waals surface area contributed by atoms with Crippen LogP contribution in [0.25, 0.3) is 0 Å². The molecule has 2 unspecified atom stereocenters. The third kappa shape index (κ3) is 5.16. The Morgan fingerprint density at radius 1 is 1.48 bits per heavy atom. The average Bonchev–Trinajstić information content (AvgIpc) is 2.49. The van der Waals surface area contributed by atoms with Crippen molar-refractivity contribution in [3.8, 4) is 0 Å². The number of carbonyl (C=O) groups is 1. The number of anilines is 1. The summed E-state index contributed by atoms with van der Waals surface area (Å²) in [5, 5.41) is 13.6. The molecular formula is C15H23ClN4O3. The fraction of sp³-hybridized carbons (Fsp3) is 0.533. The molecule has 8 heteroatoms. The summed E-state index contributed by atoms with van der Waals surface area (Å²) in [5.41, 5.74) is 5.92. The molecule has 0 bridgehead atoms.